The van der Waals surface area contributed by atoms with E-state index in [0.29, 0.717) is 17.8 Å². The van der Waals surface area contributed by atoms with Gasteiger partial charge >= 0.3 is 0 Å². The molecule has 0 aromatic carbocycles. The van der Waals surface area contributed by atoms with Crippen LogP contribution in [0.15, 0.2) is 31.0 Å². The van der Waals surface area contributed by atoms with Crippen LogP contribution in [0, 0.1) is 5.92 Å². The summed E-state index contributed by atoms with van der Waals surface area (Å²) in [7, 11) is 0. The molecule has 7 heteroatoms. The molecule has 0 saturated carbocycles. The first kappa shape index (κ1) is 16.4. The van der Waals surface area contributed by atoms with Gasteiger partial charge < -0.3 is 10.1 Å². The van der Waals surface area contributed by atoms with Crippen LogP contribution < -0.4 is 5.32 Å². The molecule has 0 bridgehead atoms. The van der Waals surface area contributed by atoms with Crippen molar-refractivity contribution in [1.82, 2.24) is 24.8 Å². The lowest BCUT2D eigenvalue weighted by Crippen LogP contribution is -2.42. The number of ether oxygens (including phenoxy) is 1. The second kappa shape index (κ2) is 7.84. The lowest BCUT2D eigenvalue weighted by Gasteiger charge is -2.35. The van der Waals surface area contributed by atoms with Gasteiger partial charge in [-0.15, -0.1) is 0 Å². The summed E-state index contributed by atoms with van der Waals surface area (Å²) in [4.78, 5) is 19.6. The van der Waals surface area contributed by atoms with E-state index in [0.717, 1.165) is 31.1 Å². The van der Waals surface area contributed by atoms with E-state index in [4.69, 9.17) is 4.74 Å². The lowest BCUT2D eigenvalue weighted by molar-refractivity contribution is 0.110. The van der Waals surface area contributed by atoms with Crippen molar-refractivity contribution in [2.45, 2.75) is 31.7 Å². The van der Waals surface area contributed by atoms with E-state index in [1.807, 2.05) is 6.07 Å². The first-order chi connectivity index (χ1) is 12.4. The number of hydrogen-bond donors (Lipinski definition) is 1. The van der Waals surface area contributed by atoms with Crippen molar-refractivity contribution in [3.05, 3.63) is 36.7 Å². The van der Waals surface area contributed by atoms with E-state index in [1.165, 1.54) is 32.4 Å². The Morgan fingerprint density at radius 2 is 2.00 bits per heavy atom. The fourth-order valence-corrected chi connectivity index (χ4v) is 3.70. The molecule has 4 heterocycles. The summed E-state index contributed by atoms with van der Waals surface area (Å²) in [6, 6.07) is 2.66. The monoisotopic (exact) mass is 340 g/mol. The summed E-state index contributed by atoms with van der Waals surface area (Å²) in [5, 5.41) is 3.18. The molecule has 0 aliphatic carbocycles. The van der Waals surface area contributed by atoms with Crippen LogP contribution in [-0.2, 0) is 11.2 Å². The third kappa shape index (κ3) is 4.29. The molecule has 25 heavy (non-hydrogen) atoms. The average Bonchev–Trinajstić information content (AvgIpc) is 3.18. The van der Waals surface area contributed by atoms with Crippen molar-refractivity contribution in [2.75, 3.05) is 31.6 Å². The lowest BCUT2D eigenvalue weighted by atomic mass is 9.91. The van der Waals surface area contributed by atoms with Crippen molar-refractivity contribution in [2.24, 2.45) is 5.92 Å². The molecular weight excluding hydrogens is 316 g/mol. The molecule has 0 unspecified atom stereocenters. The zero-order valence-electron chi connectivity index (χ0n) is 14.3. The highest BCUT2D eigenvalue weighted by molar-refractivity contribution is 5.49. The van der Waals surface area contributed by atoms with E-state index in [9.17, 15) is 0 Å². The minimum absolute atomic E-state index is 0.641. The average molecular weight is 340 g/mol. The van der Waals surface area contributed by atoms with Crippen molar-refractivity contribution >= 4 is 11.6 Å². The zero-order chi connectivity index (χ0) is 16.9. The molecular formula is C18H24N6O. The Balaban J connectivity index is 1.31. The van der Waals surface area contributed by atoms with Crippen LogP contribution in [-0.4, -0.2) is 57.2 Å². The fraction of sp³-hybridized carbons (Fsp3) is 0.556. The Bertz CT molecular complexity index is 668. The number of piperidine rings is 1. The molecule has 0 spiro atoms. The van der Waals surface area contributed by atoms with E-state index in [2.05, 4.69) is 30.2 Å². The number of rotatable bonds is 5. The van der Waals surface area contributed by atoms with Gasteiger partial charge in [-0.1, -0.05) is 0 Å². The van der Waals surface area contributed by atoms with Crippen molar-refractivity contribution in [3.63, 3.8) is 0 Å². The molecule has 2 aliphatic rings. The predicted molar refractivity (Wildman–Crippen MR) is 94.6 cm³/mol. The maximum absolute atomic E-state index is 5.52. The van der Waals surface area contributed by atoms with Crippen LogP contribution in [0.1, 0.15) is 25.0 Å². The minimum atomic E-state index is 0.641. The Morgan fingerprint density at radius 1 is 1.08 bits per heavy atom. The predicted octanol–water partition coefficient (Wildman–Crippen LogP) is 2.05. The van der Waals surface area contributed by atoms with Crippen LogP contribution in [0.5, 0.6) is 0 Å². The number of nitrogens with one attached hydrogen (secondary N) is 1. The van der Waals surface area contributed by atoms with Crippen molar-refractivity contribution in [3.8, 4) is 0 Å². The number of nitrogens with zero attached hydrogens (tertiary/aromatic N) is 5. The van der Waals surface area contributed by atoms with Crippen LogP contribution >= 0.6 is 0 Å². The van der Waals surface area contributed by atoms with Crippen LogP contribution in [0.4, 0.5) is 11.6 Å². The van der Waals surface area contributed by atoms with Gasteiger partial charge in [0.15, 0.2) is 0 Å². The molecule has 0 radical (unpaired) electrons. The fourth-order valence-electron chi connectivity index (χ4n) is 3.70. The van der Waals surface area contributed by atoms with Crippen LogP contribution in [0.25, 0.3) is 0 Å². The van der Waals surface area contributed by atoms with Gasteiger partial charge in [0, 0.05) is 36.8 Å². The van der Waals surface area contributed by atoms with Crippen LogP contribution in [0.2, 0.25) is 0 Å². The maximum Gasteiger partial charge on any atom is 0.150 e. The van der Waals surface area contributed by atoms with Gasteiger partial charge in [-0.3, -0.25) is 9.88 Å². The largest absolute Gasteiger partial charge is 0.380 e. The first-order valence-corrected chi connectivity index (χ1v) is 9.02. The Hall–Kier alpha value is -2.12. The van der Waals surface area contributed by atoms with E-state index in [1.54, 1.807) is 24.9 Å². The molecule has 1 N–H and O–H groups in total. The van der Waals surface area contributed by atoms with Gasteiger partial charge in [-0.2, -0.15) is 0 Å². The zero-order valence-corrected chi connectivity index (χ0v) is 14.3. The second-order valence-corrected chi connectivity index (χ2v) is 6.81. The highest BCUT2D eigenvalue weighted by Gasteiger charge is 2.27. The highest BCUT2D eigenvalue weighted by atomic mass is 16.5. The van der Waals surface area contributed by atoms with E-state index < -0.39 is 0 Å². The van der Waals surface area contributed by atoms with Crippen molar-refractivity contribution in [1.29, 1.82) is 0 Å². The first-order valence-electron chi connectivity index (χ1n) is 9.02. The molecule has 2 aromatic heterocycles. The molecule has 2 fully saturated rings. The topological polar surface area (TPSA) is 76.1 Å². The maximum atomic E-state index is 5.52. The quantitative estimate of drug-likeness (QED) is 0.892. The Morgan fingerprint density at radius 3 is 2.76 bits per heavy atom. The van der Waals surface area contributed by atoms with Gasteiger partial charge in [0.1, 0.15) is 18.0 Å². The number of hydrogen-bond acceptors (Lipinski definition) is 7. The summed E-state index contributed by atoms with van der Waals surface area (Å²) in [6.07, 6.45) is 11.3. The third-order valence-corrected chi connectivity index (χ3v) is 5.11. The molecule has 132 valence electrons. The molecule has 2 saturated heterocycles. The molecule has 2 aliphatic heterocycles. The van der Waals surface area contributed by atoms with E-state index >= 15 is 0 Å². The van der Waals surface area contributed by atoms with Gasteiger partial charge in [-0.05, 0) is 44.7 Å². The summed E-state index contributed by atoms with van der Waals surface area (Å²) >= 11 is 0. The SMILES string of the molecule is c1cnc(Nc2cc(CC3CCN([C@@H]4CCOC4)CC3)ncn2)cn1. The number of anilines is 2. The summed E-state index contributed by atoms with van der Waals surface area (Å²) < 4.78 is 5.52. The number of likely N-dealkylation sites (tertiary alicyclic amines) is 1. The van der Waals surface area contributed by atoms with Gasteiger partial charge in [-0.25, -0.2) is 15.0 Å². The van der Waals surface area contributed by atoms with E-state index in [-0.39, 0.29) is 0 Å². The van der Waals surface area contributed by atoms with Gasteiger partial charge in [0.25, 0.3) is 0 Å². The summed E-state index contributed by atoms with van der Waals surface area (Å²) in [5.74, 6) is 2.16. The number of aromatic nitrogens is 4. The third-order valence-electron chi connectivity index (χ3n) is 5.11. The van der Waals surface area contributed by atoms with Crippen LogP contribution in [0.3, 0.4) is 0 Å². The smallest absolute Gasteiger partial charge is 0.150 e. The minimum Gasteiger partial charge on any atom is -0.380 e. The molecule has 7 nitrogen and oxygen atoms in total. The summed E-state index contributed by atoms with van der Waals surface area (Å²) in [6.45, 7) is 4.18. The highest BCUT2D eigenvalue weighted by Crippen LogP contribution is 2.25. The molecule has 1 atom stereocenters. The Kier molecular flexibility index (Phi) is 5.13. The van der Waals surface area contributed by atoms with Crippen molar-refractivity contribution < 1.29 is 4.74 Å². The normalized spacial score (nSPS) is 22.2. The summed E-state index contributed by atoms with van der Waals surface area (Å²) in [5.41, 5.74) is 1.09. The molecule has 2 aromatic rings. The standard InChI is InChI=1S/C18H24N6O/c1-6-24(16-3-8-25-12-16)7-2-14(1)9-15-10-17(22-13-21-15)23-18-11-19-4-5-20-18/h4-5,10-11,13-14,16H,1-3,6-9,12H2,(H,20,21,22,23)/t16-/m1/s1. The molecule has 4 rings (SSSR count). The van der Waals surface area contributed by atoms with Gasteiger partial charge in [0.05, 0.1) is 12.8 Å². The van der Waals surface area contributed by atoms with Gasteiger partial charge in [0.2, 0.25) is 0 Å². The Labute approximate surface area is 147 Å². The second-order valence-electron chi connectivity index (χ2n) is 6.81. The molecule has 0 amide bonds.